The molecule has 0 aliphatic heterocycles. The van der Waals surface area contributed by atoms with Gasteiger partial charge in [0.25, 0.3) is 0 Å². The van der Waals surface area contributed by atoms with Crippen LogP contribution < -0.4 is 5.46 Å². The fourth-order valence-electron chi connectivity index (χ4n) is 2.97. The zero-order chi connectivity index (χ0) is 17.9. The van der Waals surface area contributed by atoms with Crippen LogP contribution in [0.4, 0.5) is 0 Å². The zero-order valence-electron chi connectivity index (χ0n) is 14.1. The van der Waals surface area contributed by atoms with Gasteiger partial charge in [-0.15, -0.1) is 0 Å². The molecule has 0 amide bonds. The predicted molar refractivity (Wildman–Crippen MR) is 114 cm³/mol. The Morgan fingerprint density at radius 2 is 1.19 bits per heavy atom. The summed E-state index contributed by atoms with van der Waals surface area (Å²) in [7, 11) is 5.98. The number of hydrogen-bond donors (Lipinski definition) is 0. The van der Waals surface area contributed by atoms with Crippen LogP contribution in [0.3, 0.4) is 0 Å². The van der Waals surface area contributed by atoms with Gasteiger partial charge in [-0.25, -0.2) is 4.98 Å². The lowest BCUT2D eigenvalue weighted by Crippen LogP contribution is -2.01. The summed E-state index contributed by atoms with van der Waals surface area (Å²) >= 11 is 3.55. The molecule has 2 radical (unpaired) electrons. The number of halogens is 1. The van der Waals surface area contributed by atoms with Gasteiger partial charge in [0.1, 0.15) is 7.85 Å². The highest BCUT2D eigenvalue weighted by Crippen LogP contribution is 2.30. The molecule has 26 heavy (non-hydrogen) atoms. The molecule has 0 aliphatic carbocycles. The smallest absolute Gasteiger partial charge is 0.113 e. The van der Waals surface area contributed by atoms with E-state index in [9.17, 15) is 0 Å². The number of benzene rings is 3. The Kier molecular flexibility index (Phi) is 4.72. The Morgan fingerprint density at radius 3 is 1.85 bits per heavy atom. The molecule has 3 aromatic carbocycles. The van der Waals surface area contributed by atoms with Crippen LogP contribution in [0.2, 0.25) is 0 Å². The molecule has 4 aromatic rings. The Hall–Kier alpha value is -2.65. The summed E-state index contributed by atoms with van der Waals surface area (Å²) in [4.78, 5) is 4.91. The van der Waals surface area contributed by atoms with Crippen molar-refractivity contribution in [3.05, 3.63) is 95.5 Å². The normalized spacial score (nSPS) is 10.7. The van der Waals surface area contributed by atoms with Gasteiger partial charge in [-0.2, -0.15) is 0 Å². The summed E-state index contributed by atoms with van der Waals surface area (Å²) in [6.45, 7) is 0. The SMILES string of the molecule is [B]c1cccc(-c2cc(-c3ccccc3)cc(-c3cccc(Br)c3)n2)c1. The van der Waals surface area contributed by atoms with Crippen LogP contribution >= 0.6 is 15.9 Å². The van der Waals surface area contributed by atoms with Crippen molar-refractivity contribution in [1.29, 1.82) is 0 Å². The van der Waals surface area contributed by atoms with Gasteiger partial charge < -0.3 is 0 Å². The average Bonchev–Trinajstić information content (AvgIpc) is 2.68. The minimum absolute atomic E-state index is 0.735. The lowest BCUT2D eigenvalue weighted by Gasteiger charge is -2.11. The lowest BCUT2D eigenvalue weighted by atomic mass is 9.93. The Bertz CT molecular complexity index is 997. The van der Waals surface area contributed by atoms with Crippen molar-refractivity contribution >= 4 is 29.2 Å². The molecule has 1 aromatic heterocycles. The third-order valence-corrected chi connectivity index (χ3v) is 4.73. The molecule has 122 valence electrons. The van der Waals surface area contributed by atoms with Crippen molar-refractivity contribution in [3.63, 3.8) is 0 Å². The van der Waals surface area contributed by atoms with E-state index in [1.807, 2.05) is 42.5 Å². The molecule has 0 unspecified atom stereocenters. The highest BCUT2D eigenvalue weighted by molar-refractivity contribution is 9.10. The molecule has 0 bridgehead atoms. The summed E-state index contributed by atoms with van der Waals surface area (Å²) in [6, 6.07) is 30.7. The van der Waals surface area contributed by atoms with Crippen molar-refractivity contribution < 1.29 is 0 Å². The fourth-order valence-corrected chi connectivity index (χ4v) is 3.37. The number of pyridine rings is 1. The quantitative estimate of drug-likeness (QED) is 0.409. The van der Waals surface area contributed by atoms with Gasteiger partial charge in [-0.05, 0) is 41.0 Å². The molecule has 0 saturated heterocycles. The van der Waals surface area contributed by atoms with Crippen molar-refractivity contribution in [2.75, 3.05) is 0 Å². The van der Waals surface area contributed by atoms with E-state index in [0.29, 0.717) is 0 Å². The van der Waals surface area contributed by atoms with Gasteiger partial charge in [0.2, 0.25) is 0 Å². The number of hydrogen-bond acceptors (Lipinski definition) is 1. The molecule has 0 aliphatic rings. The molecule has 0 saturated carbocycles. The zero-order valence-corrected chi connectivity index (χ0v) is 15.6. The van der Waals surface area contributed by atoms with Crippen LogP contribution in [0.25, 0.3) is 33.6 Å². The minimum atomic E-state index is 0.735. The number of aromatic nitrogens is 1. The van der Waals surface area contributed by atoms with E-state index in [0.717, 1.165) is 43.6 Å². The first-order valence-electron chi connectivity index (χ1n) is 8.38. The second-order valence-electron chi connectivity index (χ2n) is 6.13. The van der Waals surface area contributed by atoms with E-state index < -0.39 is 0 Å². The van der Waals surface area contributed by atoms with Gasteiger partial charge in [0.05, 0.1) is 11.4 Å². The molecule has 3 heteroatoms. The van der Waals surface area contributed by atoms with Gasteiger partial charge >= 0.3 is 0 Å². The maximum absolute atomic E-state index is 5.98. The molecule has 0 N–H and O–H groups in total. The first-order chi connectivity index (χ1) is 12.7. The van der Waals surface area contributed by atoms with Crippen LogP contribution in [-0.4, -0.2) is 12.8 Å². The van der Waals surface area contributed by atoms with Gasteiger partial charge in [-0.1, -0.05) is 88.1 Å². The maximum Gasteiger partial charge on any atom is 0.113 e. The van der Waals surface area contributed by atoms with Crippen LogP contribution in [-0.2, 0) is 0 Å². The molecule has 4 rings (SSSR count). The summed E-state index contributed by atoms with van der Waals surface area (Å²) in [6.07, 6.45) is 0. The van der Waals surface area contributed by atoms with E-state index in [1.54, 1.807) is 0 Å². The average molecular weight is 396 g/mol. The van der Waals surface area contributed by atoms with Crippen LogP contribution in [0.1, 0.15) is 0 Å². The van der Waals surface area contributed by atoms with E-state index in [1.165, 1.54) is 0 Å². The molecular weight excluding hydrogens is 381 g/mol. The minimum Gasteiger partial charge on any atom is -0.248 e. The number of rotatable bonds is 3. The molecule has 0 atom stereocenters. The lowest BCUT2D eigenvalue weighted by molar-refractivity contribution is 1.32. The topological polar surface area (TPSA) is 12.9 Å². The van der Waals surface area contributed by atoms with Crippen molar-refractivity contribution in [2.45, 2.75) is 0 Å². The molecule has 0 fully saturated rings. The van der Waals surface area contributed by atoms with Crippen LogP contribution in [0, 0.1) is 0 Å². The van der Waals surface area contributed by atoms with Gasteiger partial charge in [0, 0.05) is 10.0 Å². The summed E-state index contributed by atoms with van der Waals surface area (Å²) in [5.74, 6) is 0. The van der Waals surface area contributed by atoms with E-state index in [4.69, 9.17) is 12.8 Å². The molecular formula is C23H15BBrN. The second-order valence-corrected chi connectivity index (χ2v) is 7.04. The second kappa shape index (κ2) is 7.31. The Balaban J connectivity index is 1.93. The standard InChI is InChI=1S/C23H15BBrN/c24-20-10-4-8-17(12-20)22-14-19(16-6-2-1-3-7-16)15-23(26-22)18-9-5-11-21(25)13-18/h1-15H. The molecule has 0 spiro atoms. The monoisotopic (exact) mass is 395 g/mol. The van der Waals surface area contributed by atoms with Gasteiger partial charge in [-0.3, -0.25) is 0 Å². The van der Waals surface area contributed by atoms with Crippen molar-refractivity contribution in [3.8, 4) is 33.6 Å². The van der Waals surface area contributed by atoms with Gasteiger partial charge in [0.15, 0.2) is 0 Å². The van der Waals surface area contributed by atoms with Crippen molar-refractivity contribution in [2.24, 2.45) is 0 Å². The van der Waals surface area contributed by atoms with E-state index >= 15 is 0 Å². The Morgan fingerprint density at radius 1 is 0.577 bits per heavy atom. The molecule has 1 heterocycles. The largest absolute Gasteiger partial charge is 0.248 e. The van der Waals surface area contributed by atoms with Crippen molar-refractivity contribution in [1.82, 2.24) is 4.98 Å². The van der Waals surface area contributed by atoms with Crippen LogP contribution in [0.5, 0.6) is 0 Å². The fraction of sp³-hybridized carbons (Fsp3) is 0. The van der Waals surface area contributed by atoms with Crippen LogP contribution in [0.15, 0.2) is 95.5 Å². The maximum atomic E-state index is 5.98. The predicted octanol–water partition coefficient (Wildman–Crippen LogP) is 5.64. The highest BCUT2D eigenvalue weighted by Gasteiger charge is 2.09. The number of nitrogens with zero attached hydrogens (tertiary/aromatic N) is 1. The first-order valence-corrected chi connectivity index (χ1v) is 9.18. The first kappa shape index (κ1) is 16.8. The highest BCUT2D eigenvalue weighted by atomic mass is 79.9. The summed E-state index contributed by atoms with van der Waals surface area (Å²) in [5, 5.41) is 0. The summed E-state index contributed by atoms with van der Waals surface area (Å²) < 4.78 is 1.03. The summed E-state index contributed by atoms with van der Waals surface area (Å²) in [5.41, 5.74) is 6.96. The van der Waals surface area contributed by atoms with E-state index in [-0.39, 0.29) is 0 Å². The molecule has 1 nitrogen and oxygen atoms in total. The third-order valence-electron chi connectivity index (χ3n) is 4.24. The Labute approximate surface area is 163 Å². The third kappa shape index (κ3) is 3.63. The van der Waals surface area contributed by atoms with E-state index in [2.05, 4.69) is 64.5 Å².